The summed E-state index contributed by atoms with van der Waals surface area (Å²) in [5.74, 6) is 1.39. The molecule has 0 aromatic carbocycles. The van der Waals surface area contributed by atoms with Crippen LogP contribution in [0.25, 0.3) is 10.7 Å². The Hall–Kier alpha value is -1.46. The Kier molecular flexibility index (Phi) is 2.26. The third-order valence-electron chi connectivity index (χ3n) is 3.84. The molecular formula is C13H10ClN3OS. The van der Waals surface area contributed by atoms with Crippen molar-refractivity contribution < 1.29 is 4.79 Å². The van der Waals surface area contributed by atoms with Crippen LogP contribution in [0.5, 0.6) is 0 Å². The maximum atomic E-state index is 11.9. The number of amides is 1. The Morgan fingerprint density at radius 2 is 2.05 bits per heavy atom. The van der Waals surface area contributed by atoms with Crippen LogP contribution in [0, 0.1) is 11.3 Å². The SMILES string of the molecule is O=C(Nc1cnc(-c2ccc(Cl)s2)nc1)C12CC1C2. The van der Waals surface area contributed by atoms with Crippen molar-refractivity contribution in [3.8, 4) is 10.7 Å². The maximum absolute atomic E-state index is 11.9. The number of carbonyl (C=O) groups is 1. The van der Waals surface area contributed by atoms with Crippen molar-refractivity contribution in [2.75, 3.05) is 5.32 Å². The number of halogens is 1. The second-order valence-electron chi connectivity index (χ2n) is 5.11. The Morgan fingerprint density at radius 1 is 1.37 bits per heavy atom. The number of nitrogens with one attached hydrogen (secondary N) is 1. The van der Waals surface area contributed by atoms with Gasteiger partial charge in [-0.3, -0.25) is 4.79 Å². The molecule has 2 aromatic heterocycles. The van der Waals surface area contributed by atoms with E-state index in [2.05, 4.69) is 15.3 Å². The monoisotopic (exact) mass is 291 g/mol. The van der Waals surface area contributed by atoms with Crippen molar-refractivity contribution >= 4 is 34.5 Å². The molecule has 0 atom stereocenters. The van der Waals surface area contributed by atoms with Gasteiger partial charge in [0.05, 0.1) is 32.7 Å². The van der Waals surface area contributed by atoms with Gasteiger partial charge in [-0.1, -0.05) is 11.6 Å². The van der Waals surface area contributed by atoms with E-state index in [9.17, 15) is 4.79 Å². The summed E-state index contributed by atoms with van der Waals surface area (Å²) >= 11 is 7.31. The quantitative estimate of drug-likeness (QED) is 0.945. The van der Waals surface area contributed by atoms with E-state index in [1.807, 2.05) is 12.1 Å². The summed E-state index contributed by atoms with van der Waals surface area (Å²) in [6, 6.07) is 3.71. The van der Waals surface area contributed by atoms with Gasteiger partial charge in [-0.2, -0.15) is 0 Å². The Labute approximate surface area is 118 Å². The van der Waals surface area contributed by atoms with Crippen LogP contribution in [0.15, 0.2) is 24.5 Å². The lowest BCUT2D eigenvalue weighted by Gasteiger charge is -2.06. The third kappa shape index (κ3) is 1.84. The van der Waals surface area contributed by atoms with Crippen molar-refractivity contribution in [1.29, 1.82) is 0 Å². The van der Waals surface area contributed by atoms with Gasteiger partial charge in [0, 0.05) is 0 Å². The molecule has 2 fully saturated rings. The molecule has 6 heteroatoms. The Morgan fingerprint density at radius 3 is 2.58 bits per heavy atom. The molecule has 0 unspecified atom stereocenters. The van der Waals surface area contributed by atoms with Crippen LogP contribution in [-0.2, 0) is 4.79 Å². The third-order valence-corrected chi connectivity index (χ3v) is 5.07. The number of thiophene rings is 1. The fraction of sp³-hybridized carbons (Fsp3) is 0.308. The minimum absolute atomic E-state index is 0.0278. The minimum atomic E-state index is -0.0278. The second-order valence-corrected chi connectivity index (χ2v) is 6.83. The van der Waals surface area contributed by atoms with Crippen LogP contribution in [0.1, 0.15) is 12.8 Å². The molecule has 0 aliphatic heterocycles. The molecule has 0 spiro atoms. The number of aromatic nitrogens is 2. The number of nitrogens with zero attached hydrogens (tertiary/aromatic N) is 2. The molecule has 0 bridgehead atoms. The molecule has 2 saturated carbocycles. The Balaban J connectivity index is 1.51. The summed E-state index contributed by atoms with van der Waals surface area (Å²) in [6.07, 6.45) is 5.38. The molecule has 96 valence electrons. The molecule has 1 N–H and O–H groups in total. The highest BCUT2D eigenvalue weighted by Gasteiger charge is 2.74. The van der Waals surface area contributed by atoms with Crippen LogP contribution < -0.4 is 5.32 Å². The van der Waals surface area contributed by atoms with E-state index in [4.69, 9.17) is 11.6 Å². The van der Waals surface area contributed by atoms with E-state index < -0.39 is 0 Å². The lowest BCUT2D eigenvalue weighted by molar-refractivity contribution is -0.119. The van der Waals surface area contributed by atoms with Crippen molar-refractivity contribution in [3.05, 3.63) is 28.9 Å². The smallest absolute Gasteiger partial charge is 0.230 e. The Bertz CT molecular complexity index is 661. The van der Waals surface area contributed by atoms with Crippen LogP contribution in [0.3, 0.4) is 0 Å². The van der Waals surface area contributed by atoms with Gasteiger partial charge in [0.15, 0.2) is 5.82 Å². The zero-order valence-electron chi connectivity index (χ0n) is 9.89. The van der Waals surface area contributed by atoms with Crippen LogP contribution in [0.2, 0.25) is 4.34 Å². The molecule has 2 aliphatic rings. The van der Waals surface area contributed by atoms with Gasteiger partial charge in [-0.25, -0.2) is 9.97 Å². The lowest BCUT2D eigenvalue weighted by atomic mass is 10.2. The van der Waals surface area contributed by atoms with Crippen molar-refractivity contribution in [2.24, 2.45) is 11.3 Å². The second kappa shape index (κ2) is 3.77. The fourth-order valence-electron chi connectivity index (χ4n) is 2.28. The number of hydrogen-bond donors (Lipinski definition) is 1. The number of anilines is 1. The topological polar surface area (TPSA) is 54.9 Å². The molecule has 2 heterocycles. The average molecular weight is 292 g/mol. The summed E-state index contributed by atoms with van der Waals surface area (Å²) in [7, 11) is 0. The first-order valence-corrected chi connectivity index (χ1v) is 7.26. The molecule has 0 saturated heterocycles. The number of rotatable bonds is 3. The highest BCUT2D eigenvalue weighted by Crippen LogP contribution is 2.75. The van der Waals surface area contributed by atoms with E-state index in [1.165, 1.54) is 11.3 Å². The van der Waals surface area contributed by atoms with Crippen LogP contribution in [-0.4, -0.2) is 15.9 Å². The molecule has 0 radical (unpaired) electrons. The van der Waals surface area contributed by atoms with E-state index in [1.54, 1.807) is 12.4 Å². The highest BCUT2D eigenvalue weighted by molar-refractivity contribution is 7.19. The molecular weight excluding hydrogens is 282 g/mol. The predicted octanol–water partition coefficient (Wildman–Crippen LogP) is 3.21. The van der Waals surface area contributed by atoms with E-state index in [-0.39, 0.29) is 11.3 Å². The molecule has 2 aliphatic carbocycles. The van der Waals surface area contributed by atoms with Gasteiger partial charge >= 0.3 is 0 Å². The van der Waals surface area contributed by atoms with Crippen molar-refractivity contribution in [1.82, 2.24) is 9.97 Å². The van der Waals surface area contributed by atoms with Gasteiger partial charge in [-0.05, 0) is 30.9 Å². The first-order valence-electron chi connectivity index (χ1n) is 6.07. The van der Waals surface area contributed by atoms with Gasteiger partial charge in [0.2, 0.25) is 5.91 Å². The summed E-state index contributed by atoms with van der Waals surface area (Å²) in [6.45, 7) is 0. The molecule has 2 aromatic rings. The number of hydrogen-bond acceptors (Lipinski definition) is 4. The average Bonchev–Trinajstić information content (AvgIpc) is 3.21. The summed E-state index contributed by atoms with van der Waals surface area (Å²) in [4.78, 5) is 21.4. The summed E-state index contributed by atoms with van der Waals surface area (Å²) in [5, 5.41) is 2.88. The minimum Gasteiger partial charge on any atom is -0.323 e. The first kappa shape index (κ1) is 11.4. The molecule has 1 amide bonds. The van der Waals surface area contributed by atoms with Crippen LogP contribution in [0.4, 0.5) is 5.69 Å². The first-order chi connectivity index (χ1) is 9.17. The number of fused-ring (bicyclic) bond motifs is 1. The van der Waals surface area contributed by atoms with Crippen molar-refractivity contribution in [2.45, 2.75) is 12.8 Å². The van der Waals surface area contributed by atoms with Gasteiger partial charge in [-0.15, -0.1) is 11.3 Å². The lowest BCUT2D eigenvalue weighted by Crippen LogP contribution is -2.18. The normalized spacial score (nSPS) is 26.7. The summed E-state index contributed by atoms with van der Waals surface area (Å²) in [5.41, 5.74) is 0.628. The molecule has 4 nitrogen and oxygen atoms in total. The van der Waals surface area contributed by atoms with Crippen LogP contribution >= 0.6 is 22.9 Å². The maximum Gasteiger partial charge on any atom is 0.230 e. The van der Waals surface area contributed by atoms with Crippen molar-refractivity contribution in [3.63, 3.8) is 0 Å². The fourth-order valence-corrected chi connectivity index (χ4v) is 3.27. The van der Waals surface area contributed by atoms with E-state index in [0.29, 0.717) is 21.8 Å². The number of carbonyl (C=O) groups excluding carboxylic acids is 1. The molecule has 4 rings (SSSR count). The highest BCUT2D eigenvalue weighted by atomic mass is 35.5. The van der Waals surface area contributed by atoms with Gasteiger partial charge in [0.25, 0.3) is 0 Å². The zero-order chi connectivity index (χ0) is 13.0. The standard InChI is InChI=1S/C13H10ClN3OS/c14-10-2-1-9(19-10)11-15-5-8(6-16-11)17-12(18)13-3-7(13)4-13/h1-2,5-7H,3-4H2,(H,17,18). The molecule has 19 heavy (non-hydrogen) atoms. The van der Waals surface area contributed by atoms with E-state index >= 15 is 0 Å². The van der Waals surface area contributed by atoms with Gasteiger partial charge < -0.3 is 5.32 Å². The predicted molar refractivity (Wildman–Crippen MR) is 74.1 cm³/mol. The van der Waals surface area contributed by atoms with E-state index in [0.717, 1.165) is 17.7 Å². The summed E-state index contributed by atoms with van der Waals surface area (Å²) < 4.78 is 0.712. The van der Waals surface area contributed by atoms with Gasteiger partial charge in [0.1, 0.15) is 0 Å². The zero-order valence-corrected chi connectivity index (χ0v) is 11.5. The largest absolute Gasteiger partial charge is 0.323 e.